The lowest BCUT2D eigenvalue weighted by molar-refractivity contribution is -0.385. The van der Waals surface area contributed by atoms with E-state index in [2.05, 4.69) is 15.5 Å². The van der Waals surface area contributed by atoms with Gasteiger partial charge in [0.25, 0.3) is 0 Å². The van der Waals surface area contributed by atoms with Crippen LogP contribution in [0.15, 0.2) is 36.5 Å². The van der Waals surface area contributed by atoms with Crippen LogP contribution in [0.2, 0.25) is 0 Å². The zero-order chi connectivity index (χ0) is 19.6. The molecule has 0 spiro atoms. The maximum Gasteiger partial charge on any atom is 0.309 e. The minimum atomic E-state index is -0.515. The molecule has 2 heterocycles. The van der Waals surface area contributed by atoms with Crippen LogP contribution < -0.4 is 5.32 Å². The summed E-state index contributed by atoms with van der Waals surface area (Å²) in [6, 6.07) is 9.51. The average molecular weight is 368 g/mol. The summed E-state index contributed by atoms with van der Waals surface area (Å²) in [5.74, 6) is -0.306. The number of nitro groups is 1. The summed E-state index contributed by atoms with van der Waals surface area (Å²) in [7, 11) is 0. The quantitative estimate of drug-likeness (QED) is 0.531. The van der Waals surface area contributed by atoms with Gasteiger partial charge in [-0.25, -0.2) is 0 Å². The lowest BCUT2D eigenvalue weighted by atomic mass is 10.2. The first-order valence-electron chi connectivity index (χ1n) is 8.40. The summed E-state index contributed by atoms with van der Waals surface area (Å²) >= 11 is 0. The molecule has 0 radical (unpaired) electrons. The molecule has 1 amide bonds. The molecule has 0 saturated carbocycles. The highest BCUT2D eigenvalue weighted by Crippen LogP contribution is 2.17. The number of aromatic nitrogens is 4. The Bertz CT molecular complexity index is 1000. The summed E-state index contributed by atoms with van der Waals surface area (Å²) in [6.07, 6.45) is 1.15. The van der Waals surface area contributed by atoms with Crippen LogP contribution in [-0.2, 0) is 17.9 Å². The highest BCUT2D eigenvalue weighted by atomic mass is 16.6. The molecule has 0 aliphatic rings. The van der Waals surface area contributed by atoms with Crippen LogP contribution in [0.25, 0.3) is 0 Å². The Morgan fingerprint density at radius 2 is 2.00 bits per heavy atom. The van der Waals surface area contributed by atoms with Crippen molar-refractivity contribution in [3.63, 3.8) is 0 Å². The van der Waals surface area contributed by atoms with Crippen molar-refractivity contribution in [2.45, 2.75) is 33.9 Å². The Labute approximate surface area is 155 Å². The smallest absolute Gasteiger partial charge is 0.309 e. The third kappa shape index (κ3) is 4.20. The number of amides is 1. The van der Waals surface area contributed by atoms with E-state index in [1.54, 1.807) is 13.0 Å². The lowest BCUT2D eigenvalue weighted by Crippen LogP contribution is -2.20. The van der Waals surface area contributed by atoms with E-state index in [0.29, 0.717) is 17.9 Å². The maximum atomic E-state index is 12.3. The molecule has 0 aliphatic heterocycles. The molecular formula is C18H20N6O3. The van der Waals surface area contributed by atoms with E-state index in [1.807, 2.05) is 42.8 Å². The Morgan fingerprint density at radius 1 is 1.22 bits per heavy atom. The molecule has 9 nitrogen and oxygen atoms in total. The minimum absolute atomic E-state index is 0.0959. The fourth-order valence-electron chi connectivity index (χ4n) is 2.87. The van der Waals surface area contributed by atoms with Gasteiger partial charge in [0.05, 0.1) is 17.2 Å². The van der Waals surface area contributed by atoms with Crippen LogP contribution in [0.1, 0.15) is 22.6 Å². The zero-order valence-corrected chi connectivity index (χ0v) is 15.3. The fourth-order valence-corrected chi connectivity index (χ4v) is 2.87. The summed E-state index contributed by atoms with van der Waals surface area (Å²) in [4.78, 5) is 22.6. The van der Waals surface area contributed by atoms with Crippen molar-refractivity contribution in [1.82, 2.24) is 19.6 Å². The molecule has 9 heteroatoms. The molecular weight excluding hydrogens is 348 g/mol. The molecule has 3 aromatic rings. The molecule has 140 valence electrons. The molecule has 27 heavy (non-hydrogen) atoms. The van der Waals surface area contributed by atoms with Crippen molar-refractivity contribution in [3.8, 4) is 0 Å². The Hall–Kier alpha value is -3.49. The molecule has 2 aromatic heterocycles. The van der Waals surface area contributed by atoms with E-state index < -0.39 is 4.92 Å². The van der Waals surface area contributed by atoms with Crippen LogP contribution in [-0.4, -0.2) is 30.4 Å². The third-order valence-corrected chi connectivity index (χ3v) is 4.21. The SMILES string of the molecule is Cc1cc(C)n(Cc2cccc(NC(=O)Cn3ncc([N+](=O)[O-])c3C)c2)n1. The number of benzene rings is 1. The number of nitrogens with one attached hydrogen (secondary N) is 1. The van der Waals surface area contributed by atoms with Crippen molar-refractivity contribution in [2.75, 3.05) is 5.32 Å². The summed E-state index contributed by atoms with van der Waals surface area (Å²) in [5, 5.41) is 22.0. The van der Waals surface area contributed by atoms with Crippen molar-refractivity contribution in [1.29, 1.82) is 0 Å². The van der Waals surface area contributed by atoms with E-state index in [1.165, 1.54) is 4.68 Å². The fraction of sp³-hybridized carbons (Fsp3) is 0.278. The van der Waals surface area contributed by atoms with Crippen LogP contribution in [0.5, 0.6) is 0 Å². The number of carbonyl (C=O) groups excluding carboxylic acids is 1. The van der Waals surface area contributed by atoms with Crippen molar-refractivity contribution >= 4 is 17.3 Å². The topological polar surface area (TPSA) is 108 Å². The highest BCUT2D eigenvalue weighted by molar-refractivity contribution is 5.90. The normalized spacial score (nSPS) is 10.8. The van der Waals surface area contributed by atoms with Gasteiger partial charge in [-0.2, -0.15) is 10.2 Å². The third-order valence-electron chi connectivity index (χ3n) is 4.21. The summed E-state index contributed by atoms with van der Waals surface area (Å²) < 4.78 is 3.22. The van der Waals surface area contributed by atoms with Crippen LogP contribution in [0.4, 0.5) is 11.4 Å². The van der Waals surface area contributed by atoms with Gasteiger partial charge in [0.2, 0.25) is 5.91 Å². The predicted octanol–water partition coefficient (Wildman–Crippen LogP) is 2.60. The number of rotatable bonds is 6. The van der Waals surface area contributed by atoms with Gasteiger partial charge in [0.15, 0.2) is 0 Å². The number of anilines is 1. The van der Waals surface area contributed by atoms with Gasteiger partial charge in [-0.1, -0.05) is 12.1 Å². The van der Waals surface area contributed by atoms with Crippen molar-refractivity contribution < 1.29 is 9.72 Å². The van der Waals surface area contributed by atoms with Gasteiger partial charge in [-0.15, -0.1) is 0 Å². The number of nitrogens with zero attached hydrogens (tertiary/aromatic N) is 5. The molecule has 0 atom stereocenters. The monoisotopic (exact) mass is 368 g/mol. The largest absolute Gasteiger partial charge is 0.324 e. The van der Waals surface area contributed by atoms with Gasteiger partial charge in [-0.3, -0.25) is 24.3 Å². The Kier molecular flexibility index (Phi) is 5.02. The zero-order valence-electron chi connectivity index (χ0n) is 15.3. The second-order valence-corrected chi connectivity index (χ2v) is 6.36. The summed E-state index contributed by atoms with van der Waals surface area (Å²) in [6.45, 7) is 6.02. The van der Waals surface area contributed by atoms with Crippen molar-refractivity contribution in [2.24, 2.45) is 0 Å². The first-order chi connectivity index (χ1) is 12.8. The lowest BCUT2D eigenvalue weighted by Gasteiger charge is -2.09. The predicted molar refractivity (Wildman–Crippen MR) is 99.5 cm³/mol. The molecule has 3 rings (SSSR count). The van der Waals surface area contributed by atoms with E-state index in [9.17, 15) is 14.9 Å². The van der Waals surface area contributed by atoms with E-state index >= 15 is 0 Å². The van der Waals surface area contributed by atoms with Gasteiger partial charge in [0, 0.05) is 11.4 Å². The van der Waals surface area contributed by atoms with Gasteiger partial charge < -0.3 is 5.32 Å². The van der Waals surface area contributed by atoms with Gasteiger partial charge in [-0.05, 0) is 44.5 Å². The number of hydrogen-bond acceptors (Lipinski definition) is 5. The number of carbonyl (C=O) groups is 1. The highest BCUT2D eigenvalue weighted by Gasteiger charge is 2.17. The number of hydrogen-bond donors (Lipinski definition) is 1. The molecule has 0 fully saturated rings. The van der Waals surface area contributed by atoms with Crippen LogP contribution in [0.3, 0.4) is 0 Å². The van der Waals surface area contributed by atoms with Gasteiger partial charge in [0.1, 0.15) is 18.4 Å². The van der Waals surface area contributed by atoms with Crippen LogP contribution in [0, 0.1) is 30.9 Å². The molecule has 0 saturated heterocycles. The van der Waals surface area contributed by atoms with E-state index in [0.717, 1.165) is 23.1 Å². The standard InChI is InChI=1S/C18H20N6O3/c1-12-7-13(2)22(21-12)10-15-5-4-6-16(8-15)20-18(25)11-23-14(3)17(9-19-23)24(26)27/h4-9H,10-11H2,1-3H3,(H,20,25). The van der Waals surface area contributed by atoms with Crippen molar-refractivity contribution in [3.05, 3.63) is 69.3 Å². The van der Waals surface area contributed by atoms with Crippen LogP contribution >= 0.6 is 0 Å². The molecule has 0 aliphatic carbocycles. The Morgan fingerprint density at radius 3 is 2.63 bits per heavy atom. The van der Waals surface area contributed by atoms with E-state index in [-0.39, 0.29) is 18.1 Å². The second kappa shape index (κ2) is 7.40. The minimum Gasteiger partial charge on any atom is -0.324 e. The average Bonchev–Trinajstić information content (AvgIpc) is 3.10. The molecule has 0 unspecified atom stereocenters. The summed E-state index contributed by atoms with van der Waals surface area (Å²) in [5.41, 5.74) is 3.92. The molecule has 0 bridgehead atoms. The Balaban J connectivity index is 1.68. The van der Waals surface area contributed by atoms with Gasteiger partial charge >= 0.3 is 5.69 Å². The first-order valence-corrected chi connectivity index (χ1v) is 8.40. The molecule has 1 aromatic carbocycles. The number of aryl methyl sites for hydroxylation is 2. The maximum absolute atomic E-state index is 12.3. The first kappa shape index (κ1) is 18.3. The van der Waals surface area contributed by atoms with E-state index in [4.69, 9.17) is 0 Å². The molecule has 1 N–H and O–H groups in total. The second-order valence-electron chi connectivity index (χ2n) is 6.36.